The molecule has 0 nitrogen and oxygen atoms in total. The molecule has 0 amide bonds. The molecule has 0 saturated carbocycles. The van der Waals surface area contributed by atoms with Gasteiger partial charge in [-0.1, -0.05) is 43.0 Å². The third-order valence-corrected chi connectivity index (χ3v) is 5.69. The van der Waals surface area contributed by atoms with Crippen molar-refractivity contribution in [1.82, 2.24) is 0 Å². The lowest BCUT2D eigenvalue weighted by atomic mass is 9.69. The summed E-state index contributed by atoms with van der Waals surface area (Å²) >= 11 is 2.03. The second kappa shape index (κ2) is 3.17. The molecule has 1 aliphatic heterocycles. The molecule has 0 radical (unpaired) electrons. The highest BCUT2D eigenvalue weighted by molar-refractivity contribution is 8.01. The molecular weight excluding hydrogens is 224 g/mol. The molecule has 1 heterocycles. The van der Waals surface area contributed by atoms with Crippen molar-refractivity contribution >= 4 is 17.3 Å². The van der Waals surface area contributed by atoms with Gasteiger partial charge in [0.05, 0.1) is 4.75 Å². The predicted octanol–water partition coefficient (Wildman–Crippen LogP) is 4.45. The predicted molar refractivity (Wildman–Crippen MR) is 74.0 cm³/mol. The van der Waals surface area contributed by atoms with Crippen LogP contribution in [0.3, 0.4) is 0 Å². The first-order chi connectivity index (χ1) is 8.34. The van der Waals surface area contributed by atoms with Gasteiger partial charge in [-0.2, -0.15) is 0 Å². The van der Waals surface area contributed by atoms with Gasteiger partial charge in [0.15, 0.2) is 0 Å². The lowest BCUT2D eigenvalue weighted by Gasteiger charge is -2.40. The number of fused-ring (bicyclic) bond motifs is 2. The van der Waals surface area contributed by atoms with Gasteiger partial charge in [-0.25, -0.2) is 0 Å². The van der Waals surface area contributed by atoms with Crippen LogP contribution in [-0.4, -0.2) is 4.75 Å². The maximum atomic E-state index is 4.03. The molecule has 17 heavy (non-hydrogen) atoms. The van der Waals surface area contributed by atoms with E-state index >= 15 is 0 Å². The molecule has 1 aromatic carbocycles. The summed E-state index contributed by atoms with van der Waals surface area (Å²) in [5.41, 5.74) is 4.46. The van der Waals surface area contributed by atoms with E-state index in [9.17, 15) is 0 Å². The van der Waals surface area contributed by atoms with E-state index in [4.69, 9.17) is 0 Å². The highest BCUT2D eigenvalue weighted by atomic mass is 32.2. The number of benzene rings is 1. The van der Waals surface area contributed by atoms with Crippen LogP contribution < -0.4 is 0 Å². The second-order valence-electron chi connectivity index (χ2n) is 5.03. The fraction of sp³-hybridized carbons (Fsp3) is 0.250. The zero-order valence-corrected chi connectivity index (χ0v) is 10.5. The maximum absolute atomic E-state index is 4.03. The van der Waals surface area contributed by atoms with Crippen molar-refractivity contribution < 1.29 is 0 Å². The van der Waals surface area contributed by atoms with Crippen LogP contribution in [0.25, 0.3) is 5.57 Å². The highest BCUT2D eigenvalue weighted by Crippen LogP contribution is 2.62. The van der Waals surface area contributed by atoms with Crippen molar-refractivity contribution in [3.8, 4) is 0 Å². The molecular formula is C16H14S. The molecule has 0 aromatic heterocycles. The number of rotatable bonds is 1. The van der Waals surface area contributed by atoms with E-state index in [0.717, 1.165) is 0 Å². The van der Waals surface area contributed by atoms with Gasteiger partial charge in [0, 0.05) is 10.8 Å². The number of allylic oxidation sites excluding steroid dienone is 3. The quantitative estimate of drug-likeness (QED) is 0.651. The van der Waals surface area contributed by atoms with Crippen LogP contribution in [0, 0.1) is 5.92 Å². The van der Waals surface area contributed by atoms with Crippen molar-refractivity contribution in [3.63, 3.8) is 0 Å². The molecule has 84 valence electrons. The van der Waals surface area contributed by atoms with Crippen LogP contribution in [0.15, 0.2) is 59.5 Å². The Morgan fingerprint density at radius 2 is 2.24 bits per heavy atom. The number of thioether (sulfide) groups is 1. The van der Waals surface area contributed by atoms with Crippen molar-refractivity contribution in [3.05, 3.63) is 60.2 Å². The van der Waals surface area contributed by atoms with E-state index in [0.29, 0.717) is 5.92 Å². The fourth-order valence-electron chi connectivity index (χ4n) is 3.45. The topological polar surface area (TPSA) is 0 Å². The molecule has 0 N–H and O–H groups in total. The Morgan fingerprint density at radius 1 is 1.35 bits per heavy atom. The minimum Gasteiger partial charge on any atom is -0.110 e. The maximum Gasteiger partial charge on any atom is 0.0644 e. The summed E-state index contributed by atoms with van der Waals surface area (Å²) in [6, 6.07) is 8.81. The normalized spacial score (nSPS) is 32.6. The Bertz CT molecular complexity index is 579. The smallest absolute Gasteiger partial charge is 0.0644 e. The van der Waals surface area contributed by atoms with E-state index in [2.05, 4.69) is 49.1 Å². The molecule has 4 aliphatic rings. The molecule has 1 aromatic rings. The van der Waals surface area contributed by atoms with Crippen LogP contribution in [0.1, 0.15) is 18.4 Å². The van der Waals surface area contributed by atoms with Crippen LogP contribution in [0.5, 0.6) is 0 Å². The Morgan fingerprint density at radius 3 is 3.00 bits per heavy atom. The van der Waals surface area contributed by atoms with Gasteiger partial charge in [0.25, 0.3) is 0 Å². The summed E-state index contributed by atoms with van der Waals surface area (Å²) in [6.45, 7) is 4.03. The van der Waals surface area contributed by atoms with E-state index in [1.165, 1.54) is 28.9 Å². The van der Waals surface area contributed by atoms with Gasteiger partial charge in [-0.3, -0.25) is 0 Å². The molecule has 2 unspecified atom stereocenters. The largest absolute Gasteiger partial charge is 0.110 e. The third-order valence-electron chi connectivity index (χ3n) is 4.20. The summed E-state index contributed by atoms with van der Waals surface area (Å²) in [5, 5.41) is 0. The van der Waals surface area contributed by atoms with Crippen molar-refractivity contribution in [2.24, 2.45) is 5.92 Å². The van der Waals surface area contributed by atoms with Gasteiger partial charge in [0.2, 0.25) is 0 Å². The number of hydrogen-bond acceptors (Lipinski definition) is 1. The average Bonchev–Trinajstić information content (AvgIpc) is 2.72. The molecule has 0 fully saturated rings. The van der Waals surface area contributed by atoms with E-state index in [-0.39, 0.29) is 4.75 Å². The third kappa shape index (κ3) is 1.11. The zero-order chi connectivity index (χ0) is 11.5. The molecule has 5 rings (SSSR count). The molecule has 1 heteroatoms. The first kappa shape index (κ1) is 9.78. The van der Waals surface area contributed by atoms with Gasteiger partial charge >= 0.3 is 0 Å². The average molecular weight is 238 g/mol. The van der Waals surface area contributed by atoms with Crippen molar-refractivity contribution in [1.29, 1.82) is 0 Å². The van der Waals surface area contributed by atoms with Gasteiger partial charge < -0.3 is 0 Å². The Kier molecular flexibility index (Phi) is 1.82. The lowest BCUT2D eigenvalue weighted by molar-refractivity contribution is 0.555. The SMILES string of the molecule is C=CC1=C2c3ccccc3SC23C=CC1CC3. The molecule has 2 atom stereocenters. The van der Waals surface area contributed by atoms with Gasteiger partial charge in [-0.05, 0) is 35.6 Å². The van der Waals surface area contributed by atoms with E-state index in [1.54, 1.807) is 5.57 Å². The molecule has 2 bridgehead atoms. The van der Waals surface area contributed by atoms with E-state index < -0.39 is 0 Å². The summed E-state index contributed by atoms with van der Waals surface area (Å²) in [6.07, 6.45) is 9.47. The second-order valence-corrected chi connectivity index (χ2v) is 6.40. The zero-order valence-electron chi connectivity index (χ0n) is 9.65. The standard InChI is InChI=1S/C16H14S/c1-2-12-11-7-9-16(10-8-11)15(12)13-5-3-4-6-14(13)17-16/h2-7,9,11H,1,8,10H2. The van der Waals surface area contributed by atoms with Crippen LogP contribution in [-0.2, 0) is 0 Å². The van der Waals surface area contributed by atoms with Crippen molar-refractivity contribution in [2.75, 3.05) is 0 Å². The van der Waals surface area contributed by atoms with Crippen LogP contribution in [0.2, 0.25) is 0 Å². The first-order valence-electron chi connectivity index (χ1n) is 6.19. The Hall–Kier alpha value is -1.21. The minimum atomic E-state index is 0.224. The summed E-state index contributed by atoms with van der Waals surface area (Å²) in [4.78, 5) is 1.44. The molecule has 1 spiro atoms. The summed E-state index contributed by atoms with van der Waals surface area (Å²) in [5.74, 6) is 0.608. The van der Waals surface area contributed by atoms with Gasteiger partial charge in [-0.15, -0.1) is 11.8 Å². The minimum absolute atomic E-state index is 0.224. The van der Waals surface area contributed by atoms with Crippen LogP contribution >= 0.6 is 11.8 Å². The summed E-state index contributed by atoms with van der Waals surface area (Å²) < 4.78 is 0.224. The highest BCUT2D eigenvalue weighted by Gasteiger charge is 2.48. The monoisotopic (exact) mass is 238 g/mol. The fourth-order valence-corrected chi connectivity index (χ4v) is 4.97. The van der Waals surface area contributed by atoms with Gasteiger partial charge in [0.1, 0.15) is 0 Å². The Labute approximate surface area is 106 Å². The molecule has 0 saturated heterocycles. The van der Waals surface area contributed by atoms with E-state index in [1.807, 2.05) is 11.8 Å². The lowest BCUT2D eigenvalue weighted by Crippen LogP contribution is -2.32. The Balaban J connectivity index is 2.06. The first-order valence-corrected chi connectivity index (χ1v) is 7.00. The summed E-state index contributed by atoms with van der Waals surface area (Å²) in [7, 11) is 0. The molecule has 3 aliphatic carbocycles. The van der Waals surface area contributed by atoms with Crippen molar-refractivity contribution in [2.45, 2.75) is 22.5 Å². The number of hydrogen-bond donors (Lipinski definition) is 0. The van der Waals surface area contributed by atoms with Crippen LogP contribution in [0.4, 0.5) is 0 Å².